The van der Waals surface area contributed by atoms with E-state index < -0.39 is 23.8 Å². The molecular formula is C12H21N3O4. The van der Waals surface area contributed by atoms with Crippen LogP contribution in [0.1, 0.15) is 39.0 Å². The molecule has 0 aromatic rings. The third-order valence-corrected chi connectivity index (χ3v) is 3.28. The molecule has 7 nitrogen and oxygen atoms in total. The van der Waals surface area contributed by atoms with Gasteiger partial charge in [-0.05, 0) is 19.8 Å². The highest BCUT2D eigenvalue weighted by atomic mass is 16.4. The van der Waals surface area contributed by atoms with Crippen LogP contribution < -0.4 is 16.4 Å². The van der Waals surface area contributed by atoms with E-state index in [1.807, 2.05) is 0 Å². The van der Waals surface area contributed by atoms with Gasteiger partial charge in [0.2, 0.25) is 5.91 Å². The predicted molar refractivity (Wildman–Crippen MR) is 68.3 cm³/mol. The minimum Gasteiger partial charge on any atom is -0.481 e. The normalized spacial score (nSPS) is 24.3. The minimum absolute atomic E-state index is 0.0560. The van der Waals surface area contributed by atoms with Crippen LogP contribution in [0.3, 0.4) is 0 Å². The Bertz CT molecular complexity index is 359. The van der Waals surface area contributed by atoms with Gasteiger partial charge in [-0.25, -0.2) is 4.79 Å². The molecule has 0 saturated heterocycles. The molecule has 1 fully saturated rings. The van der Waals surface area contributed by atoms with Crippen LogP contribution in [0, 0.1) is 5.92 Å². The van der Waals surface area contributed by atoms with Crippen molar-refractivity contribution in [3.05, 3.63) is 0 Å². The predicted octanol–water partition coefficient (Wildman–Crippen LogP) is 0.193. The van der Waals surface area contributed by atoms with Gasteiger partial charge in [0.05, 0.1) is 5.92 Å². The number of amides is 3. The molecule has 5 N–H and O–H groups in total. The first-order chi connectivity index (χ1) is 8.90. The highest BCUT2D eigenvalue weighted by Crippen LogP contribution is 2.24. The largest absolute Gasteiger partial charge is 0.481 e. The zero-order chi connectivity index (χ0) is 14.4. The van der Waals surface area contributed by atoms with Gasteiger partial charge in [-0.3, -0.25) is 9.59 Å². The standard InChI is InChI=1S/C12H21N3O4/c1-7(6-10(13)16)14-12(19)15-9-5-3-2-4-8(9)11(17)18/h7-9H,2-6H2,1H3,(H2,13,16)(H,17,18)(H2,14,15,19). The second-order valence-corrected chi connectivity index (χ2v) is 5.02. The summed E-state index contributed by atoms with van der Waals surface area (Å²) in [6, 6.07) is -1.18. The van der Waals surface area contributed by atoms with Gasteiger partial charge in [-0.15, -0.1) is 0 Å². The lowest BCUT2D eigenvalue weighted by atomic mass is 9.84. The topological polar surface area (TPSA) is 122 Å². The van der Waals surface area contributed by atoms with Gasteiger partial charge in [0.1, 0.15) is 0 Å². The van der Waals surface area contributed by atoms with Gasteiger partial charge < -0.3 is 21.5 Å². The first-order valence-electron chi connectivity index (χ1n) is 6.48. The maximum Gasteiger partial charge on any atom is 0.315 e. The number of carboxylic acids is 1. The third-order valence-electron chi connectivity index (χ3n) is 3.28. The van der Waals surface area contributed by atoms with Crippen LogP contribution in [-0.4, -0.2) is 35.1 Å². The molecular weight excluding hydrogens is 250 g/mol. The number of carbonyl (C=O) groups excluding carboxylic acids is 2. The highest BCUT2D eigenvalue weighted by molar-refractivity contribution is 5.79. The van der Waals surface area contributed by atoms with Crippen LogP contribution in [0.2, 0.25) is 0 Å². The smallest absolute Gasteiger partial charge is 0.315 e. The molecule has 1 aliphatic carbocycles. The SMILES string of the molecule is CC(CC(N)=O)NC(=O)NC1CCCCC1C(=O)O. The molecule has 0 spiro atoms. The summed E-state index contributed by atoms with van der Waals surface area (Å²) >= 11 is 0. The Morgan fingerprint density at radius 2 is 1.95 bits per heavy atom. The zero-order valence-electron chi connectivity index (χ0n) is 11.0. The fourth-order valence-corrected chi connectivity index (χ4v) is 2.39. The number of rotatable bonds is 5. The zero-order valence-corrected chi connectivity index (χ0v) is 11.0. The molecule has 0 aromatic carbocycles. The molecule has 0 heterocycles. The van der Waals surface area contributed by atoms with Crippen molar-refractivity contribution in [3.63, 3.8) is 0 Å². The van der Waals surface area contributed by atoms with Crippen molar-refractivity contribution in [1.82, 2.24) is 10.6 Å². The first kappa shape index (κ1) is 15.3. The third kappa shape index (κ3) is 5.15. The summed E-state index contributed by atoms with van der Waals surface area (Å²) in [6.45, 7) is 1.67. The number of nitrogens with two attached hydrogens (primary N) is 1. The number of nitrogens with one attached hydrogen (secondary N) is 2. The molecule has 0 radical (unpaired) electrons. The maximum atomic E-state index is 11.7. The Balaban J connectivity index is 2.45. The molecule has 3 atom stereocenters. The lowest BCUT2D eigenvalue weighted by Gasteiger charge is -2.29. The fourth-order valence-electron chi connectivity index (χ4n) is 2.39. The second-order valence-electron chi connectivity index (χ2n) is 5.02. The van der Waals surface area contributed by atoms with Crippen molar-refractivity contribution in [2.75, 3.05) is 0 Å². The maximum absolute atomic E-state index is 11.7. The summed E-state index contributed by atoms with van der Waals surface area (Å²) in [4.78, 5) is 33.5. The lowest BCUT2D eigenvalue weighted by Crippen LogP contribution is -2.51. The molecule has 7 heteroatoms. The number of hydrogen-bond acceptors (Lipinski definition) is 3. The van der Waals surface area contributed by atoms with Crippen LogP contribution in [0.25, 0.3) is 0 Å². The van der Waals surface area contributed by atoms with Crippen molar-refractivity contribution in [3.8, 4) is 0 Å². The van der Waals surface area contributed by atoms with E-state index in [1.54, 1.807) is 6.92 Å². The van der Waals surface area contributed by atoms with Gasteiger partial charge in [0.15, 0.2) is 0 Å². The van der Waals surface area contributed by atoms with Crippen LogP contribution in [0.15, 0.2) is 0 Å². The molecule has 0 aromatic heterocycles. The number of hydrogen-bond donors (Lipinski definition) is 4. The van der Waals surface area contributed by atoms with Crippen LogP contribution in [0.5, 0.6) is 0 Å². The molecule has 1 rings (SSSR count). The van der Waals surface area contributed by atoms with E-state index in [1.165, 1.54) is 0 Å². The number of primary amides is 1. The van der Waals surface area contributed by atoms with Crippen molar-refractivity contribution in [2.24, 2.45) is 11.7 Å². The lowest BCUT2D eigenvalue weighted by molar-refractivity contribution is -0.143. The Labute approximate surface area is 111 Å². The monoisotopic (exact) mass is 271 g/mol. The fraction of sp³-hybridized carbons (Fsp3) is 0.750. The van der Waals surface area contributed by atoms with E-state index in [4.69, 9.17) is 10.8 Å². The van der Waals surface area contributed by atoms with E-state index in [0.717, 1.165) is 12.8 Å². The molecule has 0 bridgehead atoms. The van der Waals surface area contributed by atoms with E-state index >= 15 is 0 Å². The summed E-state index contributed by atoms with van der Waals surface area (Å²) in [7, 11) is 0. The number of carbonyl (C=O) groups is 3. The van der Waals surface area contributed by atoms with Gasteiger partial charge in [-0.1, -0.05) is 12.8 Å². The van der Waals surface area contributed by atoms with Crippen molar-refractivity contribution in [2.45, 2.75) is 51.1 Å². The van der Waals surface area contributed by atoms with E-state index in [-0.39, 0.29) is 18.5 Å². The molecule has 3 amide bonds. The molecule has 108 valence electrons. The van der Waals surface area contributed by atoms with Crippen molar-refractivity contribution in [1.29, 1.82) is 0 Å². The first-order valence-corrected chi connectivity index (χ1v) is 6.48. The van der Waals surface area contributed by atoms with Gasteiger partial charge in [0.25, 0.3) is 0 Å². The van der Waals surface area contributed by atoms with Crippen molar-refractivity contribution >= 4 is 17.9 Å². The molecule has 1 aliphatic rings. The number of carboxylic acid groups (broad SMARTS) is 1. The van der Waals surface area contributed by atoms with Crippen LogP contribution in [-0.2, 0) is 9.59 Å². The Hall–Kier alpha value is -1.79. The van der Waals surface area contributed by atoms with Crippen molar-refractivity contribution < 1.29 is 19.5 Å². The quantitative estimate of drug-likeness (QED) is 0.570. The van der Waals surface area contributed by atoms with Gasteiger partial charge in [0, 0.05) is 18.5 Å². The number of urea groups is 1. The molecule has 3 unspecified atom stereocenters. The van der Waals surface area contributed by atoms with E-state index in [9.17, 15) is 14.4 Å². The van der Waals surface area contributed by atoms with E-state index in [0.29, 0.717) is 12.8 Å². The summed E-state index contributed by atoms with van der Waals surface area (Å²) < 4.78 is 0. The summed E-state index contributed by atoms with van der Waals surface area (Å²) in [6.07, 6.45) is 3.08. The molecule has 0 aliphatic heterocycles. The summed E-state index contributed by atoms with van der Waals surface area (Å²) in [5.41, 5.74) is 5.03. The number of aliphatic carboxylic acids is 1. The molecule has 1 saturated carbocycles. The van der Waals surface area contributed by atoms with Crippen LogP contribution in [0.4, 0.5) is 4.79 Å². The molecule has 19 heavy (non-hydrogen) atoms. The Morgan fingerprint density at radius 1 is 1.32 bits per heavy atom. The summed E-state index contributed by atoms with van der Waals surface area (Å²) in [5.74, 6) is -1.91. The van der Waals surface area contributed by atoms with Crippen LogP contribution >= 0.6 is 0 Å². The minimum atomic E-state index is -0.879. The Morgan fingerprint density at radius 3 is 2.53 bits per heavy atom. The Kier molecular flexibility index (Phi) is 5.59. The highest BCUT2D eigenvalue weighted by Gasteiger charge is 2.31. The second kappa shape index (κ2) is 6.96. The van der Waals surface area contributed by atoms with E-state index in [2.05, 4.69) is 10.6 Å². The average molecular weight is 271 g/mol. The summed E-state index contributed by atoms with van der Waals surface area (Å²) in [5, 5.41) is 14.3. The van der Waals surface area contributed by atoms with Gasteiger partial charge in [-0.2, -0.15) is 0 Å². The average Bonchev–Trinajstić information content (AvgIpc) is 2.27. The van der Waals surface area contributed by atoms with Gasteiger partial charge >= 0.3 is 12.0 Å².